The number of aryl methyl sites for hydroxylation is 1. The molecule has 2 rings (SSSR count). The number of benzene rings is 1. The molecule has 0 radical (unpaired) electrons. The fourth-order valence-corrected chi connectivity index (χ4v) is 2.06. The van der Waals surface area contributed by atoms with E-state index < -0.39 is 5.91 Å². The molecule has 1 unspecified atom stereocenters. The Morgan fingerprint density at radius 3 is 2.83 bits per heavy atom. The van der Waals surface area contributed by atoms with Crippen LogP contribution >= 0.6 is 11.6 Å². The molecule has 18 heavy (non-hydrogen) atoms. The fraction of sp³-hybridized carbons (Fsp3) is 0.333. The van der Waals surface area contributed by atoms with E-state index in [1.165, 1.54) is 6.07 Å². The first-order valence-electron chi connectivity index (χ1n) is 5.48. The predicted octanol–water partition coefficient (Wildman–Crippen LogP) is 2.27. The average molecular weight is 270 g/mol. The highest BCUT2D eigenvalue weighted by atomic mass is 35.5. The lowest BCUT2D eigenvalue weighted by Gasteiger charge is -2.08. The van der Waals surface area contributed by atoms with Gasteiger partial charge in [-0.3, -0.25) is 4.79 Å². The number of amides is 1. The Kier molecular flexibility index (Phi) is 3.26. The van der Waals surface area contributed by atoms with Gasteiger partial charge in [0, 0.05) is 6.07 Å². The molecule has 1 amide bonds. The Balaban J connectivity index is 2.72. The number of carbonyl (C=O) groups excluding carboxylic acids is 1. The van der Waals surface area contributed by atoms with Gasteiger partial charge < -0.3 is 10.3 Å². The summed E-state index contributed by atoms with van der Waals surface area (Å²) >= 11 is 6.01. The molecule has 1 atom stereocenters. The molecule has 96 valence electrons. The first kappa shape index (κ1) is 12.8. The molecule has 0 saturated heterocycles. The number of alkyl halides is 1. The number of rotatable bonds is 3. The summed E-state index contributed by atoms with van der Waals surface area (Å²) in [6.07, 6.45) is 0. The summed E-state index contributed by atoms with van der Waals surface area (Å²) in [5, 5.41) is -0.389. The molecule has 0 fully saturated rings. The van der Waals surface area contributed by atoms with Gasteiger partial charge in [0.1, 0.15) is 18.2 Å². The smallest absolute Gasteiger partial charge is 0.237 e. The summed E-state index contributed by atoms with van der Waals surface area (Å²) in [5.41, 5.74) is 6.83. The first-order valence-corrected chi connectivity index (χ1v) is 5.92. The van der Waals surface area contributed by atoms with Crippen LogP contribution in [-0.4, -0.2) is 15.5 Å². The second kappa shape index (κ2) is 4.57. The number of hydrogen-bond donors (Lipinski definition) is 1. The zero-order chi connectivity index (χ0) is 13.4. The number of fused-ring (bicyclic) bond motifs is 1. The van der Waals surface area contributed by atoms with Gasteiger partial charge in [-0.05, 0) is 25.5 Å². The van der Waals surface area contributed by atoms with Crippen molar-refractivity contribution in [2.24, 2.45) is 5.73 Å². The van der Waals surface area contributed by atoms with Crippen molar-refractivity contribution < 1.29 is 9.18 Å². The van der Waals surface area contributed by atoms with Crippen molar-refractivity contribution >= 4 is 28.5 Å². The molecule has 0 saturated carbocycles. The van der Waals surface area contributed by atoms with Crippen LogP contribution in [0.25, 0.3) is 11.0 Å². The molecule has 6 heteroatoms. The molecule has 4 nitrogen and oxygen atoms in total. The van der Waals surface area contributed by atoms with E-state index in [4.69, 9.17) is 17.3 Å². The molecule has 0 aliphatic rings. The molecule has 1 heterocycles. The van der Waals surface area contributed by atoms with E-state index in [2.05, 4.69) is 4.98 Å². The summed E-state index contributed by atoms with van der Waals surface area (Å²) in [5.74, 6) is -0.315. The number of aromatic nitrogens is 2. The van der Waals surface area contributed by atoms with Gasteiger partial charge in [-0.15, -0.1) is 11.6 Å². The number of hydrogen-bond acceptors (Lipinski definition) is 2. The lowest BCUT2D eigenvalue weighted by atomic mass is 10.2. The number of imidazole rings is 1. The Labute approximate surface area is 109 Å². The highest BCUT2D eigenvalue weighted by Crippen LogP contribution is 2.26. The molecule has 2 N–H and O–H groups in total. The number of nitrogens with two attached hydrogens (primary N) is 1. The highest BCUT2D eigenvalue weighted by molar-refractivity contribution is 6.20. The normalized spacial score (nSPS) is 12.9. The SMILES string of the molecule is Cc1cc2c(cc1F)nc(C(C)Cl)n2CC(N)=O. The monoisotopic (exact) mass is 269 g/mol. The molecule has 1 aromatic carbocycles. The summed E-state index contributed by atoms with van der Waals surface area (Å²) in [4.78, 5) is 15.3. The predicted molar refractivity (Wildman–Crippen MR) is 67.9 cm³/mol. The van der Waals surface area contributed by atoms with Gasteiger partial charge in [-0.1, -0.05) is 0 Å². The van der Waals surface area contributed by atoms with Crippen LogP contribution in [0.4, 0.5) is 4.39 Å². The van der Waals surface area contributed by atoms with Crippen LogP contribution in [0.3, 0.4) is 0 Å². The van der Waals surface area contributed by atoms with Crippen molar-refractivity contribution in [1.29, 1.82) is 0 Å². The molecule has 0 aliphatic carbocycles. The quantitative estimate of drug-likeness (QED) is 0.869. The zero-order valence-corrected chi connectivity index (χ0v) is 10.8. The topological polar surface area (TPSA) is 60.9 Å². The largest absolute Gasteiger partial charge is 0.368 e. The van der Waals surface area contributed by atoms with E-state index in [1.807, 2.05) is 0 Å². The maximum absolute atomic E-state index is 13.5. The molecular weight excluding hydrogens is 257 g/mol. The standard InChI is InChI=1S/C12H13ClFN3O/c1-6-3-10-9(4-8(6)14)16-12(7(2)13)17(10)5-11(15)18/h3-4,7H,5H2,1-2H3,(H2,15,18). The van der Waals surface area contributed by atoms with Crippen LogP contribution in [-0.2, 0) is 11.3 Å². The van der Waals surface area contributed by atoms with Gasteiger partial charge >= 0.3 is 0 Å². The van der Waals surface area contributed by atoms with Crippen LogP contribution < -0.4 is 5.73 Å². The molecule has 2 aromatic rings. The van der Waals surface area contributed by atoms with E-state index in [0.29, 0.717) is 22.4 Å². The summed E-state index contributed by atoms with van der Waals surface area (Å²) in [7, 11) is 0. The van der Waals surface area contributed by atoms with Gasteiger partial charge in [0.25, 0.3) is 0 Å². The Hall–Kier alpha value is -1.62. The summed E-state index contributed by atoms with van der Waals surface area (Å²) in [6.45, 7) is 3.37. The summed E-state index contributed by atoms with van der Waals surface area (Å²) in [6, 6.07) is 2.98. The number of primary amides is 1. The minimum absolute atomic E-state index is 0.0199. The van der Waals surface area contributed by atoms with Crippen molar-refractivity contribution in [1.82, 2.24) is 9.55 Å². The lowest BCUT2D eigenvalue weighted by Crippen LogP contribution is -2.20. The van der Waals surface area contributed by atoms with Crippen molar-refractivity contribution in [3.05, 3.63) is 29.3 Å². The van der Waals surface area contributed by atoms with Gasteiger partial charge in [0.05, 0.1) is 16.4 Å². The van der Waals surface area contributed by atoms with Crippen molar-refractivity contribution in [3.8, 4) is 0 Å². The maximum atomic E-state index is 13.5. The number of halogens is 2. The van der Waals surface area contributed by atoms with Crippen molar-refractivity contribution in [3.63, 3.8) is 0 Å². The minimum Gasteiger partial charge on any atom is -0.368 e. The van der Waals surface area contributed by atoms with Gasteiger partial charge in [-0.2, -0.15) is 0 Å². The van der Waals surface area contributed by atoms with E-state index in [-0.39, 0.29) is 17.7 Å². The molecule has 0 aliphatic heterocycles. The molecular formula is C12H13ClFN3O. The zero-order valence-electron chi connectivity index (χ0n) is 10.1. The van der Waals surface area contributed by atoms with Gasteiger partial charge in [-0.25, -0.2) is 9.37 Å². The highest BCUT2D eigenvalue weighted by Gasteiger charge is 2.17. The van der Waals surface area contributed by atoms with Crippen LogP contribution in [0.15, 0.2) is 12.1 Å². The average Bonchev–Trinajstić information content (AvgIpc) is 2.57. The van der Waals surface area contributed by atoms with Crippen LogP contribution in [0.2, 0.25) is 0 Å². The number of nitrogens with zero attached hydrogens (tertiary/aromatic N) is 2. The van der Waals surface area contributed by atoms with Crippen LogP contribution in [0.5, 0.6) is 0 Å². The van der Waals surface area contributed by atoms with E-state index in [1.54, 1.807) is 24.5 Å². The third-order valence-electron chi connectivity index (χ3n) is 2.73. The first-order chi connectivity index (χ1) is 8.40. The second-order valence-corrected chi connectivity index (χ2v) is 4.88. The molecule has 0 spiro atoms. The third kappa shape index (κ3) is 2.18. The van der Waals surface area contributed by atoms with Crippen LogP contribution in [0.1, 0.15) is 23.7 Å². The lowest BCUT2D eigenvalue weighted by molar-refractivity contribution is -0.118. The second-order valence-electron chi connectivity index (χ2n) is 4.23. The van der Waals surface area contributed by atoms with Gasteiger partial charge in [0.15, 0.2) is 0 Å². The summed E-state index contributed by atoms with van der Waals surface area (Å²) < 4.78 is 15.1. The maximum Gasteiger partial charge on any atom is 0.237 e. The van der Waals surface area contributed by atoms with E-state index in [0.717, 1.165) is 0 Å². The Morgan fingerprint density at radius 2 is 2.28 bits per heavy atom. The van der Waals surface area contributed by atoms with Crippen molar-refractivity contribution in [2.45, 2.75) is 25.8 Å². The number of carbonyl (C=O) groups is 1. The van der Waals surface area contributed by atoms with E-state index in [9.17, 15) is 9.18 Å². The molecule has 0 bridgehead atoms. The van der Waals surface area contributed by atoms with Crippen molar-refractivity contribution in [2.75, 3.05) is 0 Å². The fourth-order valence-electron chi connectivity index (χ4n) is 1.89. The Morgan fingerprint density at radius 1 is 1.61 bits per heavy atom. The molecule has 1 aromatic heterocycles. The van der Waals surface area contributed by atoms with Crippen LogP contribution in [0, 0.1) is 12.7 Å². The van der Waals surface area contributed by atoms with E-state index >= 15 is 0 Å². The third-order valence-corrected chi connectivity index (χ3v) is 2.92. The van der Waals surface area contributed by atoms with Gasteiger partial charge in [0.2, 0.25) is 5.91 Å². The minimum atomic E-state index is -0.491. The Bertz CT molecular complexity index is 621.